The summed E-state index contributed by atoms with van der Waals surface area (Å²) in [7, 11) is 3.57. The number of guanidine groups is 1. The number of piperidine rings is 1. The van der Waals surface area contributed by atoms with Crippen LogP contribution in [0.5, 0.6) is 5.75 Å². The first-order valence-electron chi connectivity index (χ1n) is 10.8. The Kier molecular flexibility index (Phi) is 11.0. The number of aliphatic imine (C=N–C) groups is 1. The molecule has 8 heteroatoms. The number of methoxy groups -OCH3 is 1. The number of morpholine rings is 1. The van der Waals surface area contributed by atoms with Crippen LogP contribution < -0.4 is 20.3 Å². The van der Waals surface area contributed by atoms with Crippen molar-refractivity contribution in [1.82, 2.24) is 15.5 Å². The molecule has 2 heterocycles. The minimum Gasteiger partial charge on any atom is -0.497 e. The molecule has 30 heavy (non-hydrogen) atoms. The summed E-state index contributed by atoms with van der Waals surface area (Å²) in [5.41, 5.74) is 1.22. The van der Waals surface area contributed by atoms with E-state index >= 15 is 0 Å². The third-order valence-corrected chi connectivity index (χ3v) is 5.70. The summed E-state index contributed by atoms with van der Waals surface area (Å²) < 4.78 is 10.8. The SMILES string of the molecule is CN=C(NCC(C)CN1CCOCC1)NC1CCCN(c2cccc(OC)c2)C1.I. The molecule has 0 bridgehead atoms. The molecule has 2 fully saturated rings. The van der Waals surface area contributed by atoms with Crippen molar-refractivity contribution >= 4 is 35.6 Å². The summed E-state index contributed by atoms with van der Waals surface area (Å²) >= 11 is 0. The van der Waals surface area contributed by atoms with Gasteiger partial charge in [-0.25, -0.2) is 0 Å². The molecule has 2 saturated heterocycles. The van der Waals surface area contributed by atoms with E-state index < -0.39 is 0 Å². The molecule has 2 unspecified atom stereocenters. The first kappa shape index (κ1) is 25.0. The van der Waals surface area contributed by atoms with Gasteiger partial charge in [0.05, 0.1) is 20.3 Å². The Labute approximate surface area is 198 Å². The molecule has 2 aliphatic heterocycles. The van der Waals surface area contributed by atoms with Gasteiger partial charge in [0.25, 0.3) is 0 Å². The van der Waals surface area contributed by atoms with Crippen molar-refractivity contribution in [3.63, 3.8) is 0 Å². The number of rotatable bonds is 7. The Morgan fingerprint density at radius 2 is 2.10 bits per heavy atom. The second kappa shape index (κ2) is 13.2. The van der Waals surface area contributed by atoms with Gasteiger partial charge in [-0.15, -0.1) is 24.0 Å². The minimum atomic E-state index is 0. The number of hydrogen-bond acceptors (Lipinski definition) is 5. The lowest BCUT2D eigenvalue weighted by Crippen LogP contribution is -2.52. The van der Waals surface area contributed by atoms with Crippen molar-refractivity contribution in [2.45, 2.75) is 25.8 Å². The molecular weight excluding hydrogens is 493 g/mol. The fourth-order valence-electron chi connectivity index (χ4n) is 4.08. The average molecular weight is 531 g/mol. The van der Waals surface area contributed by atoms with Crippen LogP contribution in [0.4, 0.5) is 5.69 Å². The van der Waals surface area contributed by atoms with Gasteiger partial charge >= 0.3 is 0 Å². The Bertz CT molecular complexity index is 654. The molecule has 3 rings (SSSR count). The van der Waals surface area contributed by atoms with E-state index in [-0.39, 0.29) is 24.0 Å². The highest BCUT2D eigenvalue weighted by Gasteiger charge is 2.21. The Morgan fingerprint density at radius 3 is 2.83 bits per heavy atom. The number of nitrogens with one attached hydrogen (secondary N) is 2. The molecule has 0 spiro atoms. The summed E-state index contributed by atoms with van der Waals surface area (Å²) in [6, 6.07) is 8.71. The molecular formula is C22H38IN5O2. The number of nitrogens with zero attached hydrogens (tertiary/aromatic N) is 3. The molecule has 0 saturated carbocycles. The topological polar surface area (TPSA) is 61.4 Å². The van der Waals surface area contributed by atoms with Gasteiger partial charge in [-0.1, -0.05) is 13.0 Å². The van der Waals surface area contributed by atoms with E-state index in [4.69, 9.17) is 9.47 Å². The monoisotopic (exact) mass is 531 g/mol. The van der Waals surface area contributed by atoms with E-state index in [0.717, 1.165) is 70.6 Å². The lowest BCUT2D eigenvalue weighted by atomic mass is 10.0. The van der Waals surface area contributed by atoms with Crippen LogP contribution in [0.25, 0.3) is 0 Å². The van der Waals surface area contributed by atoms with Crippen molar-refractivity contribution < 1.29 is 9.47 Å². The lowest BCUT2D eigenvalue weighted by molar-refractivity contribution is 0.0320. The summed E-state index contributed by atoms with van der Waals surface area (Å²) in [6.45, 7) is 10.2. The number of ether oxygens (including phenoxy) is 2. The third kappa shape index (κ3) is 7.77. The second-order valence-electron chi connectivity index (χ2n) is 8.10. The van der Waals surface area contributed by atoms with Crippen LogP contribution in [0.15, 0.2) is 29.3 Å². The van der Waals surface area contributed by atoms with Crippen LogP contribution in [0.2, 0.25) is 0 Å². The zero-order valence-corrected chi connectivity index (χ0v) is 20.9. The standard InChI is InChI=1S/C22H37N5O2.HI/c1-18(16-26-10-12-29-13-11-26)15-24-22(23-2)25-19-6-5-9-27(17-19)20-7-4-8-21(14-20)28-3;/h4,7-8,14,18-19H,5-6,9-13,15-17H2,1-3H3,(H2,23,24,25);1H. The van der Waals surface area contributed by atoms with Gasteiger partial charge in [-0.2, -0.15) is 0 Å². The Hall–Kier alpha value is -1.26. The fraction of sp³-hybridized carbons (Fsp3) is 0.682. The van der Waals surface area contributed by atoms with E-state index in [2.05, 4.69) is 50.5 Å². The van der Waals surface area contributed by atoms with Gasteiger partial charge < -0.3 is 25.0 Å². The third-order valence-electron chi connectivity index (χ3n) is 5.70. The first-order chi connectivity index (χ1) is 14.2. The molecule has 0 amide bonds. The maximum Gasteiger partial charge on any atom is 0.191 e. The summed E-state index contributed by atoms with van der Waals surface area (Å²) in [5.74, 6) is 2.37. The predicted octanol–water partition coefficient (Wildman–Crippen LogP) is 2.42. The lowest BCUT2D eigenvalue weighted by Gasteiger charge is -2.35. The predicted molar refractivity (Wildman–Crippen MR) is 135 cm³/mol. The molecule has 0 aliphatic carbocycles. The highest BCUT2D eigenvalue weighted by atomic mass is 127. The van der Waals surface area contributed by atoms with Crippen molar-refractivity contribution in [3.8, 4) is 5.75 Å². The highest BCUT2D eigenvalue weighted by molar-refractivity contribution is 14.0. The molecule has 2 N–H and O–H groups in total. The Morgan fingerprint density at radius 1 is 1.30 bits per heavy atom. The quantitative estimate of drug-likeness (QED) is 0.320. The molecule has 1 aromatic rings. The van der Waals surface area contributed by atoms with Gasteiger partial charge in [0, 0.05) is 64.1 Å². The molecule has 0 radical (unpaired) electrons. The maximum atomic E-state index is 5.44. The number of hydrogen-bond donors (Lipinski definition) is 2. The Balaban J connectivity index is 0.00000320. The zero-order valence-electron chi connectivity index (χ0n) is 18.6. The van der Waals surface area contributed by atoms with Crippen molar-refractivity contribution in [2.75, 3.05) is 71.5 Å². The van der Waals surface area contributed by atoms with Gasteiger partial charge in [-0.05, 0) is 30.9 Å². The van der Waals surface area contributed by atoms with Crippen LogP contribution in [0.1, 0.15) is 19.8 Å². The van der Waals surface area contributed by atoms with E-state index in [9.17, 15) is 0 Å². The van der Waals surface area contributed by atoms with E-state index in [0.29, 0.717) is 12.0 Å². The van der Waals surface area contributed by atoms with E-state index in [1.54, 1.807) is 7.11 Å². The summed E-state index contributed by atoms with van der Waals surface area (Å²) in [6.07, 6.45) is 2.32. The number of halogens is 1. The summed E-state index contributed by atoms with van der Waals surface area (Å²) in [5, 5.41) is 7.15. The molecule has 1 aromatic carbocycles. The number of benzene rings is 1. The highest BCUT2D eigenvalue weighted by Crippen LogP contribution is 2.24. The minimum absolute atomic E-state index is 0. The van der Waals surface area contributed by atoms with Crippen molar-refractivity contribution in [3.05, 3.63) is 24.3 Å². The van der Waals surface area contributed by atoms with Gasteiger partial charge in [-0.3, -0.25) is 9.89 Å². The molecule has 2 atom stereocenters. The van der Waals surface area contributed by atoms with Gasteiger partial charge in [0.1, 0.15) is 5.75 Å². The smallest absolute Gasteiger partial charge is 0.191 e. The first-order valence-corrected chi connectivity index (χ1v) is 10.8. The second-order valence-corrected chi connectivity index (χ2v) is 8.10. The maximum absolute atomic E-state index is 5.44. The molecule has 170 valence electrons. The van der Waals surface area contributed by atoms with Crippen molar-refractivity contribution in [1.29, 1.82) is 0 Å². The van der Waals surface area contributed by atoms with Crippen LogP contribution in [0, 0.1) is 5.92 Å². The fourth-order valence-corrected chi connectivity index (χ4v) is 4.08. The van der Waals surface area contributed by atoms with E-state index in [1.807, 2.05) is 13.1 Å². The zero-order chi connectivity index (χ0) is 20.5. The summed E-state index contributed by atoms with van der Waals surface area (Å²) in [4.78, 5) is 9.36. The normalized spacial score (nSPS) is 21.5. The largest absolute Gasteiger partial charge is 0.497 e. The molecule has 2 aliphatic rings. The van der Waals surface area contributed by atoms with Crippen LogP contribution in [-0.4, -0.2) is 83.5 Å². The molecule has 0 aromatic heterocycles. The molecule has 7 nitrogen and oxygen atoms in total. The van der Waals surface area contributed by atoms with E-state index in [1.165, 1.54) is 12.1 Å². The van der Waals surface area contributed by atoms with Crippen LogP contribution in [-0.2, 0) is 4.74 Å². The average Bonchev–Trinajstić information content (AvgIpc) is 2.77. The van der Waals surface area contributed by atoms with Gasteiger partial charge in [0.2, 0.25) is 0 Å². The van der Waals surface area contributed by atoms with Gasteiger partial charge in [0.15, 0.2) is 5.96 Å². The van der Waals surface area contributed by atoms with Crippen LogP contribution >= 0.6 is 24.0 Å². The van der Waals surface area contributed by atoms with Crippen molar-refractivity contribution in [2.24, 2.45) is 10.9 Å². The number of anilines is 1. The van der Waals surface area contributed by atoms with Crippen LogP contribution in [0.3, 0.4) is 0 Å².